The Balaban J connectivity index is 0. The van der Waals surface area contributed by atoms with E-state index in [1.807, 2.05) is 24.3 Å². The van der Waals surface area contributed by atoms with Crippen molar-refractivity contribution in [2.24, 2.45) is 5.73 Å². The maximum Gasteiger partial charge on any atom is 2.00 e. The van der Waals surface area contributed by atoms with Gasteiger partial charge in [0.1, 0.15) is 0 Å². The molecule has 0 aromatic heterocycles. The number of carboxylic acid groups (broad SMARTS) is 2. The number of halogens is 1. The Bertz CT molecular complexity index is 375. The first kappa shape index (κ1) is 20.4. The van der Waals surface area contributed by atoms with Crippen molar-refractivity contribution >= 4 is 23.5 Å². The summed E-state index contributed by atoms with van der Waals surface area (Å²) in [5.74, 6) is -4.37. The number of nitrogens with one attached hydrogen (secondary N) is 1. The molecule has 0 amide bonds. The quantitative estimate of drug-likeness (QED) is 0.386. The van der Waals surface area contributed by atoms with E-state index < -0.39 is 11.9 Å². The number of carbonyl (C=O) groups excluding carboxylic acids is 2. The molecule has 3 N–H and O–H groups in total. The predicted octanol–water partition coefficient (Wildman–Crippen LogP) is -2.13. The molecule has 6 nitrogen and oxygen atoms in total. The van der Waals surface area contributed by atoms with Crippen molar-refractivity contribution in [2.75, 3.05) is 13.1 Å². The number of aliphatic carboxylic acids is 2. The number of hydrogen-bond donors (Lipinski definition) is 2. The molecule has 8 heteroatoms. The molecule has 0 saturated carbocycles. The number of hydrogen-bond acceptors (Lipinski definition) is 6. The molecule has 0 aliphatic carbocycles. The molecular formula is C11H13ClN2O4Pt. The minimum Gasteiger partial charge on any atom is -0.543 e. The van der Waals surface area contributed by atoms with Gasteiger partial charge in [0, 0.05) is 24.7 Å². The Labute approximate surface area is 130 Å². The maximum absolute atomic E-state index is 8.93. The zero-order valence-electron chi connectivity index (χ0n) is 9.84. The van der Waals surface area contributed by atoms with Gasteiger partial charge < -0.3 is 30.9 Å². The van der Waals surface area contributed by atoms with E-state index in [-0.39, 0.29) is 21.1 Å². The molecule has 0 aliphatic rings. The SMILES string of the molecule is NCCNCc1ccc(Cl)cc1.O=C([O-])C(=O)[O-].[Pt+2]. The van der Waals surface area contributed by atoms with Crippen LogP contribution in [0.3, 0.4) is 0 Å². The van der Waals surface area contributed by atoms with Gasteiger partial charge in [-0.05, 0) is 17.7 Å². The van der Waals surface area contributed by atoms with Crippen LogP contribution < -0.4 is 21.3 Å². The molecule has 108 valence electrons. The molecule has 19 heavy (non-hydrogen) atoms. The molecule has 0 spiro atoms. The molecule has 1 aromatic carbocycles. The van der Waals surface area contributed by atoms with Crippen molar-refractivity contribution in [3.05, 3.63) is 34.9 Å². The topological polar surface area (TPSA) is 118 Å². The Hall–Kier alpha value is -0.942. The van der Waals surface area contributed by atoms with Crippen LogP contribution in [0.4, 0.5) is 0 Å². The largest absolute Gasteiger partial charge is 2.00 e. The van der Waals surface area contributed by atoms with E-state index in [0.29, 0.717) is 6.54 Å². The van der Waals surface area contributed by atoms with Gasteiger partial charge in [0.25, 0.3) is 0 Å². The minimum absolute atomic E-state index is 0. The molecule has 0 saturated heterocycles. The number of benzene rings is 1. The maximum atomic E-state index is 8.93. The fraction of sp³-hybridized carbons (Fsp3) is 0.273. The summed E-state index contributed by atoms with van der Waals surface area (Å²) in [5, 5.41) is 21.8. The average Bonchev–Trinajstić information content (AvgIpc) is 2.33. The van der Waals surface area contributed by atoms with Crippen LogP contribution in [0.2, 0.25) is 5.02 Å². The van der Waals surface area contributed by atoms with Gasteiger partial charge in [0.15, 0.2) is 0 Å². The fourth-order valence-corrected chi connectivity index (χ4v) is 1.06. The Morgan fingerprint density at radius 2 is 1.63 bits per heavy atom. The first-order valence-electron chi connectivity index (χ1n) is 5.05. The smallest absolute Gasteiger partial charge is 0.543 e. The van der Waals surface area contributed by atoms with E-state index >= 15 is 0 Å². The van der Waals surface area contributed by atoms with Gasteiger partial charge in [0.05, 0.1) is 11.9 Å². The average molecular weight is 468 g/mol. The van der Waals surface area contributed by atoms with Gasteiger partial charge >= 0.3 is 21.1 Å². The Kier molecular flexibility index (Phi) is 13.0. The van der Waals surface area contributed by atoms with E-state index in [4.69, 9.17) is 37.1 Å². The predicted molar refractivity (Wildman–Crippen MR) is 62.2 cm³/mol. The molecule has 0 bridgehead atoms. The van der Waals surface area contributed by atoms with Crippen molar-refractivity contribution in [3.63, 3.8) is 0 Å². The van der Waals surface area contributed by atoms with Gasteiger partial charge in [-0.25, -0.2) is 0 Å². The van der Waals surface area contributed by atoms with Crippen LogP contribution in [0.1, 0.15) is 5.56 Å². The summed E-state index contributed by atoms with van der Waals surface area (Å²) in [6, 6.07) is 7.79. The second kappa shape index (κ2) is 12.1. The normalized spacial score (nSPS) is 8.74. The van der Waals surface area contributed by atoms with E-state index in [9.17, 15) is 0 Å². The molecule has 1 rings (SSSR count). The van der Waals surface area contributed by atoms with Gasteiger partial charge in [0.2, 0.25) is 0 Å². The third kappa shape index (κ3) is 11.9. The molecule has 0 aliphatic heterocycles. The summed E-state index contributed by atoms with van der Waals surface area (Å²) in [4.78, 5) is 17.9. The molecule has 0 radical (unpaired) electrons. The number of carboxylic acids is 2. The summed E-state index contributed by atoms with van der Waals surface area (Å²) in [6.45, 7) is 2.38. The zero-order chi connectivity index (χ0) is 14.0. The zero-order valence-corrected chi connectivity index (χ0v) is 12.9. The molecule has 0 unspecified atom stereocenters. The van der Waals surface area contributed by atoms with Crippen molar-refractivity contribution < 1.29 is 40.9 Å². The monoisotopic (exact) mass is 467 g/mol. The molecule has 0 heterocycles. The van der Waals surface area contributed by atoms with E-state index in [0.717, 1.165) is 18.1 Å². The van der Waals surface area contributed by atoms with Crippen molar-refractivity contribution in [3.8, 4) is 0 Å². The molecule has 1 aromatic rings. The van der Waals surface area contributed by atoms with Crippen molar-refractivity contribution in [1.29, 1.82) is 0 Å². The van der Waals surface area contributed by atoms with Gasteiger partial charge in [-0.1, -0.05) is 23.7 Å². The molecular weight excluding hydrogens is 455 g/mol. The molecule has 0 fully saturated rings. The van der Waals surface area contributed by atoms with Crippen LogP contribution in [0, 0.1) is 0 Å². The number of nitrogens with two attached hydrogens (primary N) is 1. The standard InChI is InChI=1S/C9H13ClN2.C2H2O4.Pt/c10-9-3-1-8(2-4-9)7-12-6-5-11;3-1(4)2(5)6;/h1-4,12H,5-7,11H2;(H,3,4)(H,5,6);/q;;+2/p-2. The van der Waals surface area contributed by atoms with E-state index in [2.05, 4.69) is 5.32 Å². The number of carbonyl (C=O) groups is 2. The van der Waals surface area contributed by atoms with Crippen LogP contribution in [0.15, 0.2) is 24.3 Å². The van der Waals surface area contributed by atoms with Crippen LogP contribution in [-0.4, -0.2) is 25.0 Å². The fourth-order valence-electron chi connectivity index (χ4n) is 0.937. The third-order valence-corrected chi connectivity index (χ3v) is 1.98. The summed E-state index contributed by atoms with van der Waals surface area (Å²) in [5.41, 5.74) is 6.56. The second-order valence-corrected chi connectivity index (χ2v) is 3.60. The summed E-state index contributed by atoms with van der Waals surface area (Å²) in [7, 11) is 0. The van der Waals surface area contributed by atoms with E-state index in [1.165, 1.54) is 5.56 Å². The Morgan fingerprint density at radius 1 is 1.16 bits per heavy atom. The summed E-state index contributed by atoms with van der Waals surface area (Å²) >= 11 is 5.73. The van der Waals surface area contributed by atoms with E-state index in [1.54, 1.807) is 0 Å². The third-order valence-electron chi connectivity index (χ3n) is 1.73. The van der Waals surface area contributed by atoms with Crippen LogP contribution in [0.25, 0.3) is 0 Å². The van der Waals surface area contributed by atoms with Crippen LogP contribution in [0.5, 0.6) is 0 Å². The minimum atomic E-state index is -2.19. The van der Waals surface area contributed by atoms with Crippen molar-refractivity contribution in [1.82, 2.24) is 5.32 Å². The number of rotatable bonds is 4. The van der Waals surface area contributed by atoms with Crippen LogP contribution in [-0.2, 0) is 37.2 Å². The van der Waals surface area contributed by atoms with Gasteiger partial charge in [-0.3, -0.25) is 0 Å². The van der Waals surface area contributed by atoms with Crippen molar-refractivity contribution in [2.45, 2.75) is 6.54 Å². The summed E-state index contributed by atoms with van der Waals surface area (Å²) in [6.07, 6.45) is 0. The Morgan fingerprint density at radius 3 is 2.00 bits per heavy atom. The van der Waals surface area contributed by atoms with Crippen LogP contribution >= 0.6 is 11.6 Å². The second-order valence-electron chi connectivity index (χ2n) is 3.17. The first-order valence-corrected chi connectivity index (χ1v) is 5.42. The van der Waals surface area contributed by atoms with Gasteiger partial charge in [-0.15, -0.1) is 0 Å². The molecule has 0 atom stereocenters. The van der Waals surface area contributed by atoms with Gasteiger partial charge in [-0.2, -0.15) is 0 Å². The summed E-state index contributed by atoms with van der Waals surface area (Å²) < 4.78 is 0. The first-order chi connectivity index (χ1) is 8.47.